The van der Waals surface area contributed by atoms with Gasteiger partial charge in [-0.3, -0.25) is 9.89 Å². The van der Waals surface area contributed by atoms with E-state index in [9.17, 15) is 0 Å². The lowest BCUT2D eigenvalue weighted by Gasteiger charge is -2.23. The van der Waals surface area contributed by atoms with Crippen molar-refractivity contribution in [1.29, 1.82) is 0 Å². The molecular weight excluding hydrogens is 260 g/mol. The second-order valence-corrected chi connectivity index (χ2v) is 5.50. The van der Waals surface area contributed by atoms with Gasteiger partial charge in [0.25, 0.3) is 0 Å². The van der Waals surface area contributed by atoms with Gasteiger partial charge >= 0.3 is 0 Å². The van der Waals surface area contributed by atoms with Crippen molar-refractivity contribution in [2.45, 2.75) is 39.3 Å². The lowest BCUT2D eigenvalue weighted by molar-refractivity contribution is 0.250. The predicted molar refractivity (Wildman–Crippen MR) is 89.5 cm³/mol. The Morgan fingerprint density at radius 1 is 1.19 bits per heavy atom. The van der Waals surface area contributed by atoms with E-state index in [1.54, 1.807) is 0 Å². The van der Waals surface area contributed by atoms with E-state index in [0.29, 0.717) is 6.04 Å². The molecule has 1 aromatic rings. The van der Waals surface area contributed by atoms with Crippen molar-refractivity contribution in [3.05, 3.63) is 35.9 Å². The molecule has 2 N–H and O–H groups in total. The molecule has 0 spiro atoms. The predicted octanol–water partition coefficient (Wildman–Crippen LogP) is 2.23. The maximum absolute atomic E-state index is 4.73. The summed E-state index contributed by atoms with van der Waals surface area (Å²) in [5.74, 6) is 0.937. The molecule has 4 heteroatoms. The number of benzene rings is 1. The zero-order valence-corrected chi connectivity index (χ0v) is 13.3. The zero-order valence-electron chi connectivity index (χ0n) is 13.3. The van der Waals surface area contributed by atoms with Gasteiger partial charge in [0, 0.05) is 25.7 Å². The maximum atomic E-state index is 4.73. The SMILES string of the molecule is CCNC(=NCC1CCCN1Cc1ccccc1)NCC. The molecule has 1 aliphatic rings. The van der Waals surface area contributed by atoms with Crippen molar-refractivity contribution in [1.82, 2.24) is 15.5 Å². The molecule has 1 aromatic carbocycles. The molecule has 0 aliphatic carbocycles. The quantitative estimate of drug-likeness (QED) is 0.623. The Morgan fingerprint density at radius 2 is 1.90 bits per heavy atom. The molecule has 1 unspecified atom stereocenters. The fourth-order valence-corrected chi connectivity index (χ4v) is 2.83. The molecular formula is C17H28N4. The molecule has 2 rings (SSSR count). The highest BCUT2D eigenvalue weighted by molar-refractivity contribution is 5.79. The fraction of sp³-hybridized carbons (Fsp3) is 0.588. The van der Waals surface area contributed by atoms with Gasteiger partial charge in [0.1, 0.15) is 0 Å². The number of likely N-dealkylation sites (tertiary alicyclic amines) is 1. The molecule has 1 heterocycles. The van der Waals surface area contributed by atoms with Crippen molar-refractivity contribution in [3.63, 3.8) is 0 Å². The van der Waals surface area contributed by atoms with E-state index < -0.39 is 0 Å². The summed E-state index contributed by atoms with van der Waals surface area (Å²) in [5.41, 5.74) is 1.40. The first-order valence-electron chi connectivity index (χ1n) is 8.13. The third-order valence-corrected chi connectivity index (χ3v) is 3.88. The first-order chi connectivity index (χ1) is 10.3. The highest BCUT2D eigenvalue weighted by Crippen LogP contribution is 2.20. The maximum Gasteiger partial charge on any atom is 0.191 e. The Kier molecular flexibility index (Phi) is 6.54. The van der Waals surface area contributed by atoms with E-state index >= 15 is 0 Å². The summed E-state index contributed by atoms with van der Waals surface area (Å²) < 4.78 is 0. The Hall–Kier alpha value is -1.55. The van der Waals surface area contributed by atoms with E-state index in [1.165, 1.54) is 24.9 Å². The molecule has 0 aromatic heterocycles. The summed E-state index contributed by atoms with van der Waals surface area (Å²) >= 11 is 0. The van der Waals surface area contributed by atoms with Gasteiger partial charge in [0.15, 0.2) is 5.96 Å². The molecule has 0 amide bonds. The van der Waals surface area contributed by atoms with E-state index in [-0.39, 0.29) is 0 Å². The molecule has 21 heavy (non-hydrogen) atoms. The second-order valence-electron chi connectivity index (χ2n) is 5.50. The zero-order chi connectivity index (χ0) is 14.9. The Bertz CT molecular complexity index is 422. The van der Waals surface area contributed by atoms with Crippen LogP contribution >= 0.6 is 0 Å². The molecule has 0 saturated carbocycles. The number of aliphatic imine (C=N–C) groups is 1. The van der Waals surface area contributed by atoms with Crippen LogP contribution in [0.2, 0.25) is 0 Å². The molecule has 0 radical (unpaired) electrons. The molecule has 116 valence electrons. The lowest BCUT2D eigenvalue weighted by Crippen LogP contribution is -2.39. The summed E-state index contributed by atoms with van der Waals surface area (Å²) in [4.78, 5) is 7.29. The van der Waals surface area contributed by atoms with Gasteiger partial charge in [-0.25, -0.2) is 0 Å². The van der Waals surface area contributed by atoms with Crippen molar-refractivity contribution >= 4 is 5.96 Å². The molecule has 1 aliphatic heterocycles. The summed E-state index contributed by atoms with van der Waals surface area (Å²) in [5, 5.41) is 6.58. The van der Waals surface area contributed by atoms with Gasteiger partial charge in [-0.05, 0) is 38.8 Å². The Morgan fingerprint density at radius 3 is 2.57 bits per heavy atom. The molecule has 1 fully saturated rings. The topological polar surface area (TPSA) is 39.7 Å². The fourth-order valence-electron chi connectivity index (χ4n) is 2.83. The van der Waals surface area contributed by atoms with Crippen LogP contribution in [0.4, 0.5) is 0 Å². The minimum Gasteiger partial charge on any atom is -0.357 e. The van der Waals surface area contributed by atoms with Crippen LogP contribution in [0.15, 0.2) is 35.3 Å². The highest BCUT2D eigenvalue weighted by atomic mass is 15.2. The van der Waals surface area contributed by atoms with E-state index in [0.717, 1.165) is 32.1 Å². The summed E-state index contributed by atoms with van der Waals surface area (Å²) in [6.45, 7) is 9.12. The van der Waals surface area contributed by atoms with Crippen LogP contribution in [-0.2, 0) is 6.54 Å². The van der Waals surface area contributed by atoms with Crippen LogP contribution in [-0.4, -0.2) is 43.1 Å². The number of nitrogens with one attached hydrogen (secondary N) is 2. The third kappa shape index (κ3) is 5.05. The van der Waals surface area contributed by atoms with Crippen molar-refractivity contribution < 1.29 is 0 Å². The Labute approximate surface area is 128 Å². The first-order valence-corrected chi connectivity index (χ1v) is 8.13. The monoisotopic (exact) mass is 288 g/mol. The lowest BCUT2D eigenvalue weighted by atomic mass is 10.2. The number of nitrogens with zero attached hydrogens (tertiary/aromatic N) is 2. The minimum absolute atomic E-state index is 0.567. The molecule has 1 atom stereocenters. The second kappa shape index (κ2) is 8.67. The summed E-state index contributed by atoms with van der Waals surface area (Å²) in [6.07, 6.45) is 2.53. The van der Waals surface area contributed by atoms with Gasteiger partial charge in [0.05, 0.1) is 6.54 Å². The molecule has 1 saturated heterocycles. The van der Waals surface area contributed by atoms with Crippen LogP contribution in [0, 0.1) is 0 Å². The minimum atomic E-state index is 0.567. The standard InChI is InChI=1S/C17H28N4/c1-3-18-17(19-4-2)20-13-16-11-8-12-21(16)14-15-9-6-5-7-10-15/h5-7,9-10,16H,3-4,8,11-14H2,1-2H3,(H2,18,19,20). The number of hydrogen-bond donors (Lipinski definition) is 2. The van der Waals surface area contributed by atoms with Crippen molar-refractivity contribution in [2.75, 3.05) is 26.2 Å². The normalized spacial score (nSPS) is 18.5. The number of guanidine groups is 1. The van der Waals surface area contributed by atoms with Gasteiger partial charge in [-0.2, -0.15) is 0 Å². The summed E-state index contributed by atoms with van der Waals surface area (Å²) in [6, 6.07) is 11.3. The summed E-state index contributed by atoms with van der Waals surface area (Å²) in [7, 11) is 0. The van der Waals surface area contributed by atoms with E-state index in [1.807, 2.05) is 0 Å². The third-order valence-electron chi connectivity index (χ3n) is 3.88. The largest absolute Gasteiger partial charge is 0.357 e. The van der Waals surface area contributed by atoms with Crippen molar-refractivity contribution in [2.24, 2.45) is 4.99 Å². The average Bonchev–Trinajstić information content (AvgIpc) is 2.93. The number of rotatable bonds is 6. The smallest absolute Gasteiger partial charge is 0.191 e. The molecule has 0 bridgehead atoms. The van der Waals surface area contributed by atoms with Gasteiger partial charge in [0.2, 0.25) is 0 Å². The van der Waals surface area contributed by atoms with Crippen LogP contribution in [0.25, 0.3) is 0 Å². The first kappa shape index (κ1) is 15.8. The number of hydrogen-bond acceptors (Lipinski definition) is 2. The van der Waals surface area contributed by atoms with Gasteiger partial charge in [-0.1, -0.05) is 30.3 Å². The van der Waals surface area contributed by atoms with Crippen LogP contribution in [0.5, 0.6) is 0 Å². The average molecular weight is 288 g/mol. The van der Waals surface area contributed by atoms with E-state index in [4.69, 9.17) is 4.99 Å². The van der Waals surface area contributed by atoms with Crippen LogP contribution in [0.1, 0.15) is 32.3 Å². The van der Waals surface area contributed by atoms with Crippen LogP contribution in [0.3, 0.4) is 0 Å². The Balaban J connectivity index is 1.90. The van der Waals surface area contributed by atoms with Gasteiger partial charge in [-0.15, -0.1) is 0 Å². The van der Waals surface area contributed by atoms with Gasteiger partial charge < -0.3 is 10.6 Å². The molecule has 4 nitrogen and oxygen atoms in total. The van der Waals surface area contributed by atoms with Crippen LogP contribution < -0.4 is 10.6 Å². The highest BCUT2D eigenvalue weighted by Gasteiger charge is 2.24. The van der Waals surface area contributed by atoms with E-state index in [2.05, 4.69) is 59.7 Å². The van der Waals surface area contributed by atoms with Crippen molar-refractivity contribution in [3.8, 4) is 0 Å².